The molecule has 1 atom stereocenters. The molecule has 0 aromatic carbocycles. The van der Waals surface area contributed by atoms with Gasteiger partial charge in [0, 0.05) is 7.05 Å². The molecule has 1 unspecified atom stereocenters. The van der Waals surface area contributed by atoms with E-state index in [0.29, 0.717) is 0 Å². The van der Waals surface area contributed by atoms with Crippen molar-refractivity contribution in [2.24, 2.45) is 0 Å². The molecule has 4 nitrogen and oxygen atoms in total. The third-order valence-corrected chi connectivity index (χ3v) is 2.10. The molecule has 72 valence electrons. The molecule has 1 amide bonds. The van der Waals surface area contributed by atoms with Gasteiger partial charge in [-0.05, 0) is 20.5 Å². The Hall–Kier alpha value is -0.610. The number of hydrogen-bond donors (Lipinski definition) is 0. The number of carbonyl (C=O) groups is 1. The molecule has 12 heavy (non-hydrogen) atoms. The molecule has 0 saturated carbocycles. The Morgan fingerprint density at radius 1 is 1.50 bits per heavy atom. The summed E-state index contributed by atoms with van der Waals surface area (Å²) in [6, 6.07) is -0.125. The summed E-state index contributed by atoms with van der Waals surface area (Å²) in [6.45, 7) is 4.72. The summed E-state index contributed by atoms with van der Waals surface area (Å²) in [5.74, 6) is -0.0261. The fourth-order valence-corrected chi connectivity index (χ4v) is 0.815. The second-order valence-corrected chi connectivity index (χ2v) is 2.77. The molecule has 0 bridgehead atoms. The number of carbonyl (C=O) groups excluding carboxylic acids is 1. The van der Waals surface area contributed by atoms with Crippen molar-refractivity contribution in [2.45, 2.75) is 19.9 Å². The predicted molar refractivity (Wildman–Crippen MR) is 47.5 cm³/mol. The molecule has 0 aliphatic heterocycles. The van der Waals surface area contributed by atoms with E-state index in [1.807, 2.05) is 25.8 Å². The fourth-order valence-electron chi connectivity index (χ4n) is 0.815. The van der Waals surface area contributed by atoms with E-state index in [0.717, 1.165) is 6.54 Å². The molecule has 0 saturated heterocycles. The number of hydroxylamine groups is 2. The maximum Gasteiger partial charge on any atom is 0.262 e. The van der Waals surface area contributed by atoms with Gasteiger partial charge in [-0.2, -0.15) is 0 Å². The molecule has 4 heteroatoms. The highest BCUT2D eigenvalue weighted by Crippen LogP contribution is 1.99. The van der Waals surface area contributed by atoms with Crippen molar-refractivity contribution in [2.75, 3.05) is 27.7 Å². The van der Waals surface area contributed by atoms with Crippen LogP contribution in [0, 0.1) is 0 Å². The number of nitrogens with zero attached hydrogens (tertiary/aromatic N) is 2. The van der Waals surface area contributed by atoms with E-state index < -0.39 is 0 Å². The van der Waals surface area contributed by atoms with Gasteiger partial charge in [0.1, 0.15) is 0 Å². The molecular weight excluding hydrogens is 156 g/mol. The minimum atomic E-state index is -0.125. The van der Waals surface area contributed by atoms with Gasteiger partial charge in [-0.25, -0.2) is 5.06 Å². The highest BCUT2D eigenvalue weighted by atomic mass is 16.7. The van der Waals surface area contributed by atoms with Gasteiger partial charge in [0.15, 0.2) is 0 Å². The average molecular weight is 174 g/mol. The third-order valence-electron chi connectivity index (χ3n) is 2.10. The van der Waals surface area contributed by atoms with Gasteiger partial charge in [0.2, 0.25) is 0 Å². The van der Waals surface area contributed by atoms with Gasteiger partial charge >= 0.3 is 0 Å². The zero-order valence-electron chi connectivity index (χ0n) is 8.50. The Labute approximate surface area is 74.0 Å². The topological polar surface area (TPSA) is 32.8 Å². The second kappa shape index (κ2) is 5.11. The maximum atomic E-state index is 11.4. The van der Waals surface area contributed by atoms with Crippen molar-refractivity contribution in [1.82, 2.24) is 9.96 Å². The van der Waals surface area contributed by atoms with Gasteiger partial charge < -0.3 is 0 Å². The molecular formula is C8H18N2O2. The standard InChI is InChI=1S/C8H18N2O2/c1-6-9(3)7(2)8(11)10(4)12-5/h7H,6H2,1-5H3. The lowest BCUT2D eigenvalue weighted by molar-refractivity contribution is -0.173. The number of rotatable bonds is 4. The van der Waals surface area contributed by atoms with Crippen molar-refractivity contribution in [3.8, 4) is 0 Å². The van der Waals surface area contributed by atoms with Gasteiger partial charge in [-0.3, -0.25) is 14.5 Å². The number of amides is 1. The molecule has 0 radical (unpaired) electrons. The summed E-state index contributed by atoms with van der Waals surface area (Å²) in [5.41, 5.74) is 0. The first-order chi connectivity index (χ1) is 5.54. The summed E-state index contributed by atoms with van der Waals surface area (Å²) in [6.07, 6.45) is 0. The summed E-state index contributed by atoms with van der Waals surface area (Å²) in [7, 11) is 5.00. The summed E-state index contributed by atoms with van der Waals surface area (Å²) in [4.78, 5) is 18.2. The van der Waals surface area contributed by atoms with E-state index in [1.165, 1.54) is 12.2 Å². The van der Waals surface area contributed by atoms with E-state index >= 15 is 0 Å². The Bertz CT molecular complexity index is 150. The minimum Gasteiger partial charge on any atom is -0.295 e. The fraction of sp³-hybridized carbons (Fsp3) is 0.875. The molecule has 0 aliphatic carbocycles. The summed E-state index contributed by atoms with van der Waals surface area (Å²) in [5, 5.41) is 1.25. The lowest BCUT2D eigenvalue weighted by atomic mass is 10.3. The van der Waals surface area contributed by atoms with Gasteiger partial charge in [-0.15, -0.1) is 0 Å². The predicted octanol–water partition coefficient (Wildman–Crippen LogP) is 0.346. The van der Waals surface area contributed by atoms with E-state index in [1.54, 1.807) is 7.05 Å². The van der Waals surface area contributed by atoms with Crippen LogP contribution in [0.2, 0.25) is 0 Å². The van der Waals surface area contributed by atoms with Crippen molar-refractivity contribution in [3.05, 3.63) is 0 Å². The van der Waals surface area contributed by atoms with Crippen molar-refractivity contribution in [1.29, 1.82) is 0 Å². The number of hydrogen-bond acceptors (Lipinski definition) is 3. The molecule has 0 aromatic heterocycles. The van der Waals surface area contributed by atoms with E-state index in [9.17, 15) is 4.79 Å². The van der Waals surface area contributed by atoms with Crippen LogP contribution in [-0.4, -0.2) is 49.7 Å². The molecule has 0 rings (SSSR count). The first-order valence-electron chi connectivity index (χ1n) is 4.06. The number of likely N-dealkylation sites (N-methyl/N-ethyl adjacent to an activating group) is 2. The van der Waals surface area contributed by atoms with Crippen LogP contribution in [0.5, 0.6) is 0 Å². The molecule has 0 spiro atoms. The second-order valence-electron chi connectivity index (χ2n) is 2.77. The lowest BCUT2D eigenvalue weighted by Crippen LogP contribution is -2.43. The Morgan fingerprint density at radius 2 is 2.00 bits per heavy atom. The zero-order chi connectivity index (χ0) is 9.72. The molecule has 0 aromatic rings. The first-order valence-corrected chi connectivity index (χ1v) is 4.06. The largest absolute Gasteiger partial charge is 0.295 e. The average Bonchev–Trinajstić information content (AvgIpc) is 2.12. The van der Waals surface area contributed by atoms with Crippen molar-refractivity contribution < 1.29 is 9.63 Å². The molecule has 0 aliphatic rings. The van der Waals surface area contributed by atoms with Crippen molar-refractivity contribution >= 4 is 5.91 Å². The van der Waals surface area contributed by atoms with Crippen LogP contribution < -0.4 is 0 Å². The van der Waals surface area contributed by atoms with Crippen LogP contribution in [0.1, 0.15) is 13.8 Å². The minimum absolute atomic E-state index is 0.0261. The Morgan fingerprint density at radius 3 is 2.33 bits per heavy atom. The summed E-state index contributed by atoms with van der Waals surface area (Å²) < 4.78 is 0. The van der Waals surface area contributed by atoms with Crippen LogP contribution in [-0.2, 0) is 9.63 Å². The van der Waals surface area contributed by atoms with Crippen LogP contribution in [0.3, 0.4) is 0 Å². The highest BCUT2D eigenvalue weighted by Gasteiger charge is 2.20. The first kappa shape index (κ1) is 11.4. The van der Waals surface area contributed by atoms with E-state index in [2.05, 4.69) is 0 Å². The Kier molecular flexibility index (Phi) is 4.85. The lowest BCUT2D eigenvalue weighted by Gasteiger charge is -2.25. The molecule has 0 heterocycles. The monoisotopic (exact) mass is 174 g/mol. The highest BCUT2D eigenvalue weighted by molar-refractivity contribution is 5.80. The maximum absolute atomic E-state index is 11.4. The molecule has 0 N–H and O–H groups in total. The molecule has 0 fully saturated rings. The zero-order valence-corrected chi connectivity index (χ0v) is 8.50. The SMILES string of the molecule is CCN(C)C(C)C(=O)N(C)OC. The van der Waals surface area contributed by atoms with Gasteiger partial charge in [0.25, 0.3) is 5.91 Å². The quantitative estimate of drug-likeness (QED) is 0.576. The summed E-state index contributed by atoms with van der Waals surface area (Å²) >= 11 is 0. The smallest absolute Gasteiger partial charge is 0.262 e. The van der Waals surface area contributed by atoms with Gasteiger partial charge in [-0.1, -0.05) is 6.92 Å². The van der Waals surface area contributed by atoms with Gasteiger partial charge in [0.05, 0.1) is 13.2 Å². The van der Waals surface area contributed by atoms with E-state index in [4.69, 9.17) is 4.84 Å². The third kappa shape index (κ3) is 2.79. The van der Waals surface area contributed by atoms with Crippen LogP contribution in [0.15, 0.2) is 0 Å². The van der Waals surface area contributed by atoms with Crippen LogP contribution >= 0.6 is 0 Å². The van der Waals surface area contributed by atoms with E-state index in [-0.39, 0.29) is 11.9 Å². The normalized spacial score (nSPS) is 13.2. The van der Waals surface area contributed by atoms with Crippen LogP contribution in [0.4, 0.5) is 0 Å². The Balaban J connectivity index is 4.09. The van der Waals surface area contributed by atoms with Crippen molar-refractivity contribution in [3.63, 3.8) is 0 Å². The van der Waals surface area contributed by atoms with Crippen LogP contribution in [0.25, 0.3) is 0 Å².